The van der Waals surface area contributed by atoms with Crippen molar-refractivity contribution in [3.05, 3.63) is 18.0 Å². The van der Waals surface area contributed by atoms with Crippen LogP contribution < -0.4 is 0 Å². The van der Waals surface area contributed by atoms with Crippen molar-refractivity contribution >= 4 is 5.97 Å². The minimum absolute atomic E-state index is 0.164. The molecule has 1 atom stereocenters. The summed E-state index contributed by atoms with van der Waals surface area (Å²) in [5, 5.41) is 12.4. The van der Waals surface area contributed by atoms with Crippen molar-refractivity contribution in [2.75, 3.05) is 6.54 Å². The fourth-order valence-corrected chi connectivity index (χ4v) is 2.08. The van der Waals surface area contributed by atoms with Crippen molar-refractivity contribution in [1.29, 1.82) is 0 Å². The summed E-state index contributed by atoms with van der Waals surface area (Å²) in [6, 6.07) is 0.164. The zero-order chi connectivity index (χ0) is 10.7. The van der Waals surface area contributed by atoms with E-state index in [1.54, 1.807) is 12.5 Å². The maximum Gasteiger partial charge on any atom is 0.304 e. The number of likely N-dealkylation sites (tertiary alicyclic amines) is 1. The van der Waals surface area contributed by atoms with E-state index in [9.17, 15) is 4.79 Å². The molecule has 15 heavy (non-hydrogen) atoms. The van der Waals surface area contributed by atoms with Crippen molar-refractivity contribution in [1.82, 2.24) is 10.1 Å². The molecule has 1 fully saturated rings. The van der Waals surface area contributed by atoms with Gasteiger partial charge in [0, 0.05) is 18.2 Å². The highest BCUT2D eigenvalue weighted by Gasteiger charge is 2.26. The predicted molar refractivity (Wildman–Crippen MR) is 52.2 cm³/mol. The molecule has 0 amide bonds. The first-order valence-corrected chi connectivity index (χ1v) is 5.10. The molecule has 0 saturated carbocycles. The third-order valence-electron chi connectivity index (χ3n) is 2.78. The lowest BCUT2D eigenvalue weighted by molar-refractivity contribution is -0.138. The maximum atomic E-state index is 10.6. The highest BCUT2D eigenvalue weighted by molar-refractivity contribution is 5.67. The first kappa shape index (κ1) is 10.2. The Labute approximate surface area is 87.7 Å². The molecule has 1 saturated heterocycles. The Bertz CT molecular complexity index is 323. The standard InChI is InChI=1S/C10H14N2O3/c13-10(14)4-9-2-1-3-12(9)6-8-5-11-15-7-8/h5,7,9H,1-4,6H2,(H,13,14). The summed E-state index contributed by atoms with van der Waals surface area (Å²) in [5.41, 5.74) is 1.01. The number of carboxylic acids is 1. The van der Waals surface area contributed by atoms with Gasteiger partial charge in [0.25, 0.3) is 0 Å². The van der Waals surface area contributed by atoms with E-state index in [-0.39, 0.29) is 12.5 Å². The van der Waals surface area contributed by atoms with Gasteiger partial charge in [-0.05, 0) is 19.4 Å². The van der Waals surface area contributed by atoms with E-state index in [0.29, 0.717) is 0 Å². The summed E-state index contributed by atoms with van der Waals surface area (Å²) in [4.78, 5) is 12.8. The van der Waals surface area contributed by atoms with E-state index in [2.05, 4.69) is 10.1 Å². The SMILES string of the molecule is O=C(O)CC1CCCN1Cc1cnoc1. The summed E-state index contributed by atoms with van der Waals surface area (Å²) in [7, 11) is 0. The summed E-state index contributed by atoms with van der Waals surface area (Å²) >= 11 is 0. The minimum atomic E-state index is -0.725. The van der Waals surface area contributed by atoms with Gasteiger partial charge in [0.15, 0.2) is 0 Å². The second-order valence-corrected chi connectivity index (χ2v) is 3.90. The van der Waals surface area contributed by atoms with Crippen LogP contribution in [0.2, 0.25) is 0 Å². The van der Waals surface area contributed by atoms with Crippen LogP contribution in [0.1, 0.15) is 24.8 Å². The molecule has 1 N–H and O–H groups in total. The second kappa shape index (κ2) is 4.44. The van der Waals surface area contributed by atoms with Crippen molar-refractivity contribution in [3.63, 3.8) is 0 Å². The van der Waals surface area contributed by atoms with Gasteiger partial charge >= 0.3 is 5.97 Å². The second-order valence-electron chi connectivity index (χ2n) is 3.90. The van der Waals surface area contributed by atoms with Crippen molar-refractivity contribution < 1.29 is 14.4 Å². The third kappa shape index (κ3) is 2.56. The van der Waals surface area contributed by atoms with Crippen LogP contribution >= 0.6 is 0 Å². The van der Waals surface area contributed by atoms with Crippen LogP contribution in [0, 0.1) is 0 Å². The molecule has 2 rings (SSSR count). The van der Waals surface area contributed by atoms with Crippen LogP contribution in [-0.2, 0) is 11.3 Å². The molecule has 0 spiro atoms. The van der Waals surface area contributed by atoms with E-state index in [0.717, 1.165) is 31.5 Å². The van der Waals surface area contributed by atoms with E-state index < -0.39 is 5.97 Å². The van der Waals surface area contributed by atoms with E-state index >= 15 is 0 Å². The number of rotatable bonds is 4. The van der Waals surface area contributed by atoms with E-state index in [4.69, 9.17) is 9.63 Å². The highest BCUT2D eigenvalue weighted by Crippen LogP contribution is 2.22. The van der Waals surface area contributed by atoms with Crippen LogP contribution in [0.25, 0.3) is 0 Å². The molecule has 0 aromatic carbocycles. The zero-order valence-electron chi connectivity index (χ0n) is 8.43. The molecular formula is C10H14N2O3. The summed E-state index contributed by atoms with van der Waals surface area (Å²) in [5.74, 6) is -0.725. The van der Waals surface area contributed by atoms with Gasteiger partial charge in [0.2, 0.25) is 0 Å². The number of aromatic nitrogens is 1. The molecule has 1 aromatic heterocycles. The van der Waals surface area contributed by atoms with Crippen LogP contribution in [0.4, 0.5) is 0 Å². The zero-order valence-corrected chi connectivity index (χ0v) is 8.43. The fraction of sp³-hybridized carbons (Fsp3) is 0.600. The van der Waals surface area contributed by atoms with E-state index in [1.807, 2.05) is 0 Å². The van der Waals surface area contributed by atoms with Gasteiger partial charge in [-0.15, -0.1) is 0 Å². The minimum Gasteiger partial charge on any atom is -0.481 e. The lowest BCUT2D eigenvalue weighted by Crippen LogP contribution is -2.30. The van der Waals surface area contributed by atoms with Crippen LogP contribution in [0.15, 0.2) is 17.0 Å². The lowest BCUT2D eigenvalue weighted by Gasteiger charge is -2.21. The smallest absolute Gasteiger partial charge is 0.304 e. The van der Waals surface area contributed by atoms with Gasteiger partial charge in [-0.25, -0.2) is 0 Å². The fourth-order valence-electron chi connectivity index (χ4n) is 2.08. The van der Waals surface area contributed by atoms with E-state index in [1.165, 1.54) is 0 Å². The van der Waals surface area contributed by atoms with Gasteiger partial charge in [-0.2, -0.15) is 0 Å². The summed E-state index contributed by atoms with van der Waals surface area (Å²) in [6.07, 6.45) is 5.55. The lowest BCUT2D eigenvalue weighted by atomic mass is 10.1. The predicted octanol–water partition coefficient (Wildman–Crippen LogP) is 1.11. The Morgan fingerprint density at radius 3 is 3.27 bits per heavy atom. The number of carboxylic acid groups (broad SMARTS) is 1. The summed E-state index contributed by atoms with van der Waals surface area (Å²) < 4.78 is 4.75. The Hall–Kier alpha value is -1.36. The Morgan fingerprint density at radius 1 is 1.73 bits per heavy atom. The monoisotopic (exact) mass is 210 g/mol. The third-order valence-corrected chi connectivity index (χ3v) is 2.78. The first-order chi connectivity index (χ1) is 7.25. The molecule has 5 heteroatoms. The molecule has 0 radical (unpaired) electrons. The van der Waals surface area contributed by atoms with Crippen molar-refractivity contribution in [2.45, 2.75) is 31.8 Å². The first-order valence-electron chi connectivity index (χ1n) is 5.10. The average molecular weight is 210 g/mol. The van der Waals surface area contributed by atoms with Gasteiger partial charge in [-0.3, -0.25) is 9.69 Å². The van der Waals surface area contributed by atoms with Gasteiger partial charge in [0.05, 0.1) is 12.6 Å². The Kier molecular flexibility index (Phi) is 3.01. The molecule has 0 bridgehead atoms. The number of aliphatic carboxylic acids is 1. The quantitative estimate of drug-likeness (QED) is 0.806. The Balaban J connectivity index is 1.93. The van der Waals surface area contributed by atoms with Crippen LogP contribution in [-0.4, -0.2) is 33.7 Å². The Morgan fingerprint density at radius 2 is 2.60 bits per heavy atom. The molecular weight excluding hydrogens is 196 g/mol. The highest BCUT2D eigenvalue weighted by atomic mass is 16.5. The molecule has 2 heterocycles. The van der Waals surface area contributed by atoms with Crippen LogP contribution in [0.3, 0.4) is 0 Å². The van der Waals surface area contributed by atoms with Gasteiger partial charge in [0.1, 0.15) is 6.26 Å². The number of nitrogens with zero attached hydrogens (tertiary/aromatic N) is 2. The van der Waals surface area contributed by atoms with Gasteiger partial charge < -0.3 is 9.63 Å². The van der Waals surface area contributed by atoms with Gasteiger partial charge in [-0.1, -0.05) is 5.16 Å². The molecule has 1 aromatic rings. The molecule has 0 aliphatic carbocycles. The van der Waals surface area contributed by atoms with Crippen molar-refractivity contribution in [3.8, 4) is 0 Å². The molecule has 1 aliphatic rings. The molecule has 1 unspecified atom stereocenters. The number of hydrogen-bond acceptors (Lipinski definition) is 4. The number of hydrogen-bond donors (Lipinski definition) is 1. The van der Waals surface area contributed by atoms with Crippen LogP contribution in [0.5, 0.6) is 0 Å². The van der Waals surface area contributed by atoms with Crippen molar-refractivity contribution in [2.24, 2.45) is 0 Å². The topological polar surface area (TPSA) is 66.6 Å². The number of carbonyl (C=O) groups is 1. The maximum absolute atomic E-state index is 10.6. The average Bonchev–Trinajstić information content (AvgIpc) is 2.78. The normalized spacial score (nSPS) is 22.0. The largest absolute Gasteiger partial charge is 0.481 e. The summed E-state index contributed by atoms with van der Waals surface area (Å²) in [6.45, 7) is 1.70. The molecule has 5 nitrogen and oxygen atoms in total. The molecule has 82 valence electrons. The molecule has 1 aliphatic heterocycles.